The third-order valence-corrected chi connectivity index (χ3v) is 1.94. The lowest BCUT2D eigenvalue weighted by molar-refractivity contribution is 0.912. The lowest BCUT2D eigenvalue weighted by Crippen LogP contribution is -1.82. The second-order valence-electron chi connectivity index (χ2n) is 3.07. The minimum atomic E-state index is 0.927. The second-order valence-corrected chi connectivity index (χ2v) is 3.07. The fraction of sp³-hybridized carbons (Fsp3) is 0.333. The fourth-order valence-electron chi connectivity index (χ4n) is 1.27. The second kappa shape index (κ2) is 2.59. The summed E-state index contributed by atoms with van der Waals surface area (Å²) in [5.41, 5.74) is 2.28. The third kappa shape index (κ3) is 1.07. The van der Waals surface area contributed by atoms with E-state index >= 15 is 0 Å². The van der Waals surface area contributed by atoms with Crippen LogP contribution in [0.3, 0.4) is 0 Å². The number of aliphatic imine (C=N–C) groups is 1. The molecule has 0 aromatic carbocycles. The van der Waals surface area contributed by atoms with Gasteiger partial charge in [-0.05, 0) is 13.0 Å². The highest BCUT2D eigenvalue weighted by molar-refractivity contribution is 5.74. The molecule has 2 rings (SSSR count). The molecule has 0 saturated heterocycles. The van der Waals surface area contributed by atoms with Crippen LogP contribution in [-0.4, -0.2) is 15.8 Å². The Balaban J connectivity index is 2.59. The van der Waals surface area contributed by atoms with Crippen LogP contribution in [0.15, 0.2) is 16.9 Å². The molecule has 62 valence electrons. The number of nitrogens with zero attached hydrogens (tertiary/aromatic N) is 3. The van der Waals surface area contributed by atoms with Crippen molar-refractivity contribution >= 4 is 18.1 Å². The SMILES string of the molecule is CC1=Cc2ncn(C)c2N=CC1. The summed E-state index contributed by atoms with van der Waals surface area (Å²) in [7, 11) is 1.96. The first-order chi connectivity index (χ1) is 5.77. The van der Waals surface area contributed by atoms with Crippen LogP contribution >= 0.6 is 0 Å². The van der Waals surface area contributed by atoms with Crippen LogP contribution in [0.5, 0.6) is 0 Å². The van der Waals surface area contributed by atoms with Gasteiger partial charge in [-0.2, -0.15) is 0 Å². The Morgan fingerprint density at radius 3 is 3.17 bits per heavy atom. The molecular weight excluding hydrogens is 150 g/mol. The van der Waals surface area contributed by atoms with Gasteiger partial charge in [-0.15, -0.1) is 0 Å². The molecule has 0 saturated carbocycles. The molecule has 0 radical (unpaired) electrons. The zero-order chi connectivity index (χ0) is 8.55. The van der Waals surface area contributed by atoms with Crippen molar-refractivity contribution in [1.29, 1.82) is 0 Å². The van der Waals surface area contributed by atoms with E-state index in [4.69, 9.17) is 0 Å². The number of allylic oxidation sites excluding steroid dienone is 1. The molecule has 3 nitrogen and oxygen atoms in total. The van der Waals surface area contributed by atoms with Crippen molar-refractivity contribution in [2.45, 2.75) is 13.3 Å². The summed E-state index contributed by atoms with van der Waals surface area (Å²) < 4.78 is 1.93. The number of imidazole rings is 1. The number of aryl methyl sites for hydroxylation is 1. The van der Waals surface area contributed by atoms with Gasteiger partial charge >= 0.3 is 0 Å². The van der Waals surface area contributed by atoms with E-state index in [1.54, 1.807) is 6.33 Å². The Hall–Kier alpha value is -1.38. The molecule has 3 heteroatoms. The fourth-order valence-corrected chi connectivity index (χ4v) is 1.27. The van der Waals surface area contributed by atoms with Crippen molar-refractivity contribution in [2.24, 2.45) is 12.0 Å². The number of rotatable bonds is 0. The normalized spacial score (nSPS) is 15.3. The lowest BCUT2D eigenvalue weighted by Gasteiger charge is -1.92. The van der Waals surface area contributed by atoms with Gasteiger partial charge in [-0.1, -0.05) is 5.57 Å². The quantitative estimate of drug-likeness (QED) is 0.571. The maximum absolute atomic E-state index is 4.32. The van der Waals surface area contributed by atoms with Crippen molar-refractivity contribution < 1.29 is 0 Å². The van der Waals surface area contributed by atoms with E-state index in [1.807, 2.05) is 17.8 Å². The monoisotopic (exact) mass is 161 g/mol. The summed E-state index contributed by atoms with van der Waals surface area (Å²) in [5.74, 6) is 0.951. The zero-order valence-corrected chi connectivity index (χ0v) is 7.28. The molecule has 0 aliphatic carbocycles. The average molecular weight is 161 g/mol. The van der Waals surface area contributed by atoms with E-state index in [9.17, 15) is 0 Å². The molecule has 0 unspecified atom stereocenters. The van der Waals surface area contributed by atoms with Crippen LogP contribution < -0.4 is 0 Å². The predicted molar refractivity (Wildman–Crippen MR) is 49.6 cm³/mol. The zero-order valence-electron chi connectivity index (χ0n) is 7.28. The Bertz CT molecular complexity index is 358. The van der Waals surface area contributed by atoms with Gasteiger partial charge in [0.2, 0.25) is 0 Å². The molecule has 0 bridgehead atoms. The van der Waals surface area contributed by atoms with Gasteiger partial charge in [-0.3, -0.25) is 0 Å². The van der Waals surface area contributed by atoms with Gasteiger partial charge < -0.3 is 4.57 Å². The summed E-state index contributed by atoms with van der Waals surface area (Å²) in [6.45, 7) is 2.09. The standard InChI is InChI=1S/C9H11N3/c1-7-3-4-10-9-8(5-7)11-6-12(9)2/h4-6H,3H2,1-2H3. The molecule has 0 amide bonds. The van der Waals surface area contributed by atoms with Crippen molar-refractivity contribution in [3.8, 4) is 0 Å². The highest BCUT2D eigenvalue weighted by Gasteiger charge is 2.06. The first-order valence-electron chi connectivity index (χ1n) is 3.98. The predicted octanol–water partition coefficient (Wildman–Crippen LogP) is 1.93. The van der Waals surface area contributed by atoms with E-state index in [0.717, 1.165) is 17.9 Å². The van der Waals surface area contributed by atoms with Gasteiger partial charge in [0.25, 0.3) is 0 Å². The van der Waals surface area contributed by atoms with Crippen LogP contribution in [0.2, 0.25) is 0 Å². The summed E-state index contributed by atoms with van der Waals surface area (Å²) in [6, 6.07) is 0. The van der Waals surface area contributed by atoms with Gasteiger partial charge in [0.1, 0.15) is 5.69 Å². The summed E-state index contributed by atoms with van der Waals surface area (Å²) in [6.07, 6.45) is 6.73. The molecule has 0 spiro atoms. The summed E-state index contributed by atoms with van der Waals surface area (Å²) in [5, 5.41) is 0. The van der Waals surface area contributed by atoms with Gasteiger partial charge in [0, 0.05) is 19.7 Å². The topological polar surface area (TPSA) is 30.2 Å². The van der Waals surface area contributed by atoms with Crippen LogP contribution in [0, 0.1) is 0 Å². The van der Waals surface area contributed by atoms with E-state index in [2.05, 4.69) is 23.0 Å². The third-order valence-electron chi connectivity index (χ3n) is 1.94. The van der Waals surface area contributed by atoms with E-state index in [1.165, 1.54) is 5.57 Å². The van der Waals surface area contributed by atoms with Gasteiger partial charge in [0.15, 0.2) is 5.82 Å². The molecule has 1 aliphatic heterocycles. The van der Waals surface area contributed by atoms with Gasteiger partial charge in [-0.25, -0.2) is 9.98 Å². The number of fused-ring (bicyclic) bond motifs is 1. The van der Waals surface area contributed by atoms with Crippen molar-refractivity contribution in [3.05, 3.63) is 17.6 Å². The summed E-state index contributed by atoms with van der Waals surface area (Å²) >= 11 is 0. The molecular formula is C9H11N3. The minimum absolute atomic E-state index is 0.927. The maximum atomic E-state index is 4.32. The molecule has 0 atom stereocenters. The molecule has 1 aromatic rings. The molecule has 12 heavy (non-hydrogen) atoms. The molecule has 0 N–H and O–H groups in total. The lowest BCUT2D eigenvalue weighted by atomic mass is 10.2. The first kappa shape index (κ1) is 7.28. The van der Waals surface area contributed by atoms with Crippen LogP contribution in [-0.2, 0) is 7.05 Å². The average Bonchev–Trinajstić information content (AvgIpc) is 2.31. The van der Waals surface area contributed by atoms with E-state index < -0.39 is 0 Å². The number of aromatic nitrogens is 2. The van der Waals surface area contributed by atoms with E-state index in [0.29, 0.717) is 0 Å². The van der Waals surface area contributed by atoms with Crippen LogP contribution in [0.1, 0.15) is 19.0 Å². The molecule has 2 heterocycles. The summed E-state index contributed by atoms with van der Waals surface area (Å²) in [4.78, 5) is 8.56. The van der Waals surface area contributed by atoms with E-state index in [-0.39, 0.29) is 0 Å². The Morgan fingerprint density at radius 1 is 1.50 bits per heavy atom. The first-order valence-corrected chi connectivity index (χ1v) is 3.98. The Kier molecular flexibility index (Phi) is 1.57. The van der Waals surface area contributed by atoms with Crippen LogP contribution in [0.4, 0.5) is 5.82 Å². The van der Waals surface area contributed by atoms with Crippen LogP contribution in [0.25, 0.3) is 6.08 Å². The van der Waals surface area contributed by atoms with Gasteiger partial charge in [0.05, 0.1) is 6.33 Å². The number of hydrogen-bond acceptors (Lipinski definition) is 2. The minimum Gasteiger partial charge on any atom is -0.318 e. The highest BCUT2D eigenvalue weighted by Crippen LogP contribution is 2.22. The molecule has 1 aliphatic rings. The largest absolute Gasteiger partial charge is 0.318 e. The molecule has 1 aromatic heterocycles. The Morgan fingerprint density at radius 2 is 2.33 bits per heavy atom. The maximum Gasteiger partial charge on any atom is 0.159 e. The Labute approximate surface area is 71.5 Å². The highest BCUT2D eigenvalue weighted by atomic mass is 15.1. The smallest absolute Gasteiger partial charge is 0.159 e. The number of hydrogen-bond donors (Lipinski definition) is 0. The van der Waals surface area contributed by atoms with Crippen molar-refractivity contribution in [2.75, 3.05) is 0 Å². The molecule has 0 fully saturated rings. The van der Waals surface area contributed by atoms with Crippen molar-refractivity contribution in [3.63, 3.8) is 0 Å². The van der Waals surface area contributed by atoms with Crippen molar-refractivity contribution in [1.82, 2.24) is 9.55 Å².